The summed E-state index contributed by atoms with van der Waals surface area (Å²) in [4.78, 5) is 15.0. The first-order chi connectivity index (χ1) is 4.88. The van der Waals surface area contributed by atoms with E-state index in [1.165, 1.54) is 6.34 Å². The molecule has 0 aromatic carbocycles. The molecule has 0 saturated heterocycles. The molecule has 0 aromatic heterocycles. The molecule has 1 amide bonds. The number of aliphatic imine (C=N–C) groups is 1. The normalized spacial score (nSPS) is 27.8. The molecule has 50 valence electrons. The molecule has 0 aromatic rings. The van der Waals surface area contributed by atoms with Gasteiger partial charge in [-0.1, -0.05) is 18.2 Å². The number of hydrogen-bond donors (Lipinski definition) is 1. The summed E-state index contributed by atoms with van der Waals surface area (Å²) in [6.45, 7) is 0. The highest BCUT2D eigenvalue weighted by atomic mass is 16.1. The summed E-state index contributed by atoms with van der Waals surface area (Å²) >= 11 is 0. The Balaban J connectivity index is 2.41. The zero-order valence-electron chi connectivity index (χ0n) is 5.24. The van der Waals surface area contributed by atoms with E-state index >= 15 is 0 Å². The van der Waals surface area contributed by atoms with Crippen molar-refractivity contribution in [1.29, 1.82) is 0 Å². The van der Waals surface area contributed by atoms with Crippen LogP contribution in [0.4, 0.5) is 0 Å². The zero-order chi connectivity index (χ0) is 6.97. The Morgan fingerprint density at radius 3 is 3.30 bits per heavy atom. The minimum atomic E-state index is -0.0370. The van der Waals surface area contributed by atoms with Gasteiger partial charge in [-0.3, -0.25) is 9.79 Å². The van der Waals surface area contributed by atoms with Crippen molar-refractivity contribution >= 4 is 12.2 Å². The van der Waals surface area contributed by atoms with E-state index in [2.05, 4.69) is 10.3 Å². The van der Waals surface area contributed by atoms with E-state index in [0.29, 0.717) is 0 Å². The first-order valence-electron chi connectivity index (χ1n) is 3.09. The molecule has 1 N–H and O–H groups in total. The molecule has 1 aliphatic heterocycles. The molecule has 3 nitrogen and oxygen atoms in total. The van der Waals surface area contributed by atoms with Gasteiger partial charge >= 0.3 is 0 Å². The standard InChI is InChI=1S/C7H6N2O/c10-7-5-2-1-3-6(5)8-4-9-7/h1-4,6H,(H,8,9,10). The Labute approximate surface area is 58.1 Å². The largest absolute Gasteiger partial charge is 0.313 e. The maximum atomic E-state index is 11.0. The van der Waals surface area contributed by atoms with Crippen molar-refractivity contribution < 1.29 is 4.79 Å². The van der Waals surface area contributed by atoms with Crippen LogP contribution in [0, 0.1) is 0 Å². The van der Waals surface area contributed by atoms with Crippen molar-refractivity contribution in [3.63, 3.8) is 0 Å². The summed E-state index contributed by atoms with van der Waals surface area (Å²) in [6, 6.07) is -0.0197. The molecule has 0 saturated carbocycles. The summed E-state index contributed by atoms with van der Waals surface area (Å²) in [5, 5.41) is 2.51. The Bertz CT molecular complexity index is 263. The van der Waals surface area contributed by atoms with Crippen molar-refractivity contribution in [2.45, 2.75) is 6.04 Å². The molecule has 0 radical (unpaired) electrons. The lowest BCUT2D eigenvalue weighted by molar-refractivity contribution is -0.116. The molecule has 1 aliphatic carbocycles. The molecule has 10 heavy (non-hydrogen) atoms. The minimum Gasteiger partial charge on any atom is -0.313 e. The molecule has 0 bridgehead atoms. The maximum Gasteiger partial charge on any atom is 0.254 e. The molecule has 1 heterocycles. The highest BCUT2D eigenvalue weighted by Crippen LogP contribution is 2.16. The van der Waals surface area contributed by atoms with Gasteiger partial charge in [0.25, 0.3) is 5.91 Å². The number of hydrogen-bond acceptors (Lipinski definition) is 2. The number of nitrogens with zero attached hydrogens (tertiary/aromatic N) is 1. The fourth-order valence-electron chi connectivity index (χ4n) is 1.07. The van der Waals surface area contributed by atoms with Gasteiger partial charge in [-0.25, -0.2) is 0 Å². The fourth-order valence-corrected chi connectivity index (χ4v) is 1.07. The topological polar surface area (TPSA) is 41.5 Å². The van der Waals surface area contributed by atoms with Crippen molar-refractivity contribution in [1.82, 2.24) is 5.32 Å². The van der Waals surface area contributed by atoms with Crippen molar-refractivity contribution in [2.24, 2.45) is 4.99 Å². The summed E-state index contributed by atoms with van der Waals surface area (Å²) in [5.74, 6) is -0.0370. The lowest BCUT2D eigenvalue weighted by Crippen LogP contribution is -2.32. The minimum absolute atomic E-state index is 0.0197. The fraction of sp³-hybridized carbons (Fsp3) is 0.143. The van der Waals surface area contributed by atoms with E-state index in [0.717, 1.165) is 5.57 Å². The number of fused-ring (bicyclic) bond motifs is 1. The highest BCUT2D eigenvalue weighted by Gasteiger charge is 2.22. The lowest BCUT2D eigenvalue weighted by Gasteiger charge is -2.12. The van der Waals surface area contributed by atoms with E-state index in [1.807, 2.05) is 12.2 Å². The van der Waals surface area contributed by atoms with Crippen LogP contribution in [0.2, 0.25) is 0 Å². The average molecular weight is 134 g/mol. The first-order valence-corrected chi connectivity index (χ1v) is 3.09. The van der Waals surface area contributed by atoms with E-state index in [1.54, 1.807) is 6.08 Å². The summed E-state index contributed by atoms with van der Waals surface area (Å²) in [5.41, 5.74) is 0.738. The van der Waals surface area contributed by atoms with Gasteiger partial charge < -0.3 is 5.32 Å². The van der Waals surface area contributed by atoms with Crippen LogP contribution in [0.15, 0.2) is 28.8 Å². The Hall–Kier alpha value is -1.38. The molecule has 2 aliphatic rings. The Morgan fingerprint density at radius 1 is 1.60 bits per heavy atom. The van der Waals surface area contributed by atoms with Crippen molar-refractivity contribution in [3.8, 4) is 0 Å². The van der Waals surface area contributed by atoms with Crippen LogP contribution in [-0.2, 0) is 4.79 Å². The zero-order valence-corrected chi connectivity index (χ0v) is 5.24. The number of allylic oxidation sites excluding steroid dienone is 2. The smallest absolute Gasteiger partial charge is 0.254 e. The number of nitrogens with one attached hydrogen (secondary N) is 1. The van der Waals surface area contributed by atoms with Gasteiger partial charge in [0.1, 0.15) is 6.04 Å². The van der Waals surface area contributed by atoms with Crippen LogP contribution in [0.5, 0.6) is 0 Å². The second-order valence-electron chi connectivity index (χ2n) is 2.20. The van der Waals surface area contributed by atoms with Gasteiger partial charge in [0.15, 0.2) is 0 Å². The van der Waals surface area contributed by atoms with Crippen LogP contribution in [0.1, 0.15) is 0 Å². The number of amides is 1. The summed E-state index contributed by atoms with van der Waals surface area (Å²) in [6.07, 6.45) is 6.98. The van der Waals surface area contributed by atoms with Gasteiger partial charge in [0.2, 0.25) is 0 Å². The van der Waals surface area contributed by atoms with Crippen LogP contribution in [0.25, 0.3) is 0 Å². The van der Waals surface area contributed by atoms with Gasteiger partial charge in [-0.05, 0) is 0 Å². The maximum absolute atomic E-state index is 11.0. The van der Waals surface area contributed by atoms with E-state index in [9.17, 15) is 4.79 Å². The Kier molecular flexibility index (Phi) is 0.974. The molecule has 0 spiro atoms. The first kappa shape index (κ1) is 5.41. The van der Waals surface area contributed by atoms with Crippen molar-refractivity contribution in [3.05, 3.63) is 23.8 Å². The number of carbonyl (C=O) groups is 1. The second kappa shape index (κ2) is 1.80. The predicted octanol–water partition coefficient (Wildman–Crippen LogP) is 0.00930. The predicted molar refractivity (Wildman–Crippen MR) is 37.6 cm³/mol. The average Bonchev–Trinajstić information content (AvgIpc) is 2.36. The van der Waals surface area contributed by atoms with E-state index in [4.69, 9.17) is 0 Å². The molecule has 1 atom stereocenters. The van der Waals surface area contributed by atoms with Gasteiger partial charge in [0, 0.05) is 5.57 Å². The van der Waals surface area contributed by atoms with Crippen LogP contribution in [0.3, 0.4) is 0 Å². The van der Waals surface area contributed by atoms with Gasteiger partial charge in [-0.2, -0.15) is 0 Å². The highest BCUT2D eigenvalue weighted by molar-refractivity contribution is 6.04. The quantitative estimate of drug-likeness (QED) is 0.498. The molecule has 3 heteroatoms. The van der Waals surface area contributed by atoms with Crippen LogP contribution >= 0.6 is 0 Å². The third-order valence-electron chi connectivity index (χ3n) is 1.58. The molecule has 2 rings (SSSR count). The van der Waals surface area contributed by atoms with E-state index in [-0.39, 0.29) is 11.9 Å². The molecular weight excluding hydrogens is 128 g/mol. The molecule has 1 unspecified atom stereocenters. The Morgan fingerprint density at radius 2 is 2.50 bits per heavy atom. The summed E-state index contributed by atoms with van der Waals surface area (Å²) in [7, 11) is 0. The molecule has 0 fully saturated rings. The number of rotatable bonds is 0. The van der Waals surface area contributed by atoms with Gasteiger partial charge in [-0.15, -0.1) is 0 Å². The van der Waals surface area contributed by atoms with E-state index < -0.39 is 0 Å². The number of carbonyl (C=O) groups excluding carboxylic acids is 1. The summed E-state index contributed by atoms with van der Waals surface area (Å²) < 4.78 is 0. The third-order valence-corrected chi connectivity index (χ3v) is 1.58. The lowest BCUT2D eigenvalue weighted by atomic mass is 10.1. The second-order valence-corrected chi connectivity index (χ2v) is 2.20. The van der Waals surface area contributed by atoms with Crippen LogP contribution < -0.4 is 5.32 Å². The SMILES string of the molecule is O=C1NC=NC2C=CC=C12. The van der Waals surface area contributed by atoms with Gasteiger partial charge in [0.05, 0.1) is 6.34 Å². The molecular formula is C7H6N2O. The third kappa shape index (κ3) is 0.603. The van der Waals surface area contributed by atoms with Crippen LogP contribution in [-0.4, -0.2) is 18.3 Å². The van der Waals surface area contributed by atoms with Crippen molar-refractivity contribution in [2.75, 3.05) is 0 Å². The monoisotopic (exact) mass is 134 g/mol.